The molecular formula is C20H22N4O4. The SMILES string of the molecule is O=C(COc1ccccc1)Nc1cccc(NC(=O)CC2NCCNC2=O)c1. The van der Waals surface area contributed by atoms with E-state index in [1.165, 1.54) is 0 Å². The van der Waals surface area contributed by atoms with Gasteiger partial charge >= 0.3 is 0 Å². The summed E-state index contributed by atoms with van der Waals surface area (Å²) in [5, 5.41) is 11.2. The molecule has 1 fully saturated rings. The standard InChI is InChI=1S/C20H22N4O4/c25-18(12-17-20(27)22-10-9-21-17)23-14-5-4-6-15(11-14)24-19(26)13-28-16-7-2-1-3-8-16/h1-8,11,17,21H,9-10,12-13H2,(H,22,27)(H,23,25)(H,24,26). The number of carbonyl (C=O) groups excluding carboxylic acids is 3. The molecule has 8 heteroatoms. The van der Waals surface area contributed by atoms with Crippen molar-refractivity contribution in [2.24, 2.45) is 0 Å². The van der Waals surface area contributed by atoms with Gasteiger partial charge in [-0.2, -0.15) is 0 Å². The smallest absolute Gasteiger partial charge is 0.262 e. The molecular weight excluding hydrogens is 360 g/mol. The van der Waals surface area contributed by atoms with Crippen LogP contribution in [0.4, 0.5) is 11.4 Å². The summed E-state index contributed by atoms with van der Waals surface area (Å²) in [5.74, 6) is -0.166. The van der Waals surface area contributed by atoms with Crippen molar-refractivity contribution in [3.63, 3.8) is 0 Å². The van der Waals surface area contributed by atoms with Gasteiger partial charge in [0.2, 0.25) is 11.8 Å². The number of amides is 3. The lowest BCUT2D eigenvalue weighted by Gasteiger charge is -2.22. The fraction of sp³-hybridized carbons (Fsp3) is 0.250. The molecule has 3 rings (SSSR count). The minimum absolute atomic E-state index is 0.0351. The van der Waals surface area contributed by atoms with Crippen molar-refractivity contribution in [1.82, 2.24) is 10.6 Å². The second-order valence-electron chi connectivity index (χ2n) is 6.28. The van der Waals surface area contributed by atoms with Crippen LogP contribution in [0.2, 0.25) is 0 Å². The summed E-state index contributed by atoms with van der Waals surface area (Å²) < 4.78 is 5.40. The second-order valence-corrected chi connectivity index (χ2v) is 6.28. The Kier molecular flexibility index (Phi) is 6.59. The summed E-state index contributed by atoms with van der Waals surface area (Å²) in [7, 11) is 0. The van der Waals surface area contributed by atoms with E-state index < -0.39 is 6.04 Å². The number of nitrogens with one attached hydrogen (secondary N) is 4. The molecule has 0 aliphatic carbocycles. The highest BCUT2D eigenvalue weighted by atomic mass is 16.5. The number of rotatable bonds is 7. The van der Waals surface area contributed by atoms with Crippen LogP contribution < -0.4 is 26.0 Å². The van der Waals surface area contributed by atoms with Crippen molar-refractivity contribution in [1.29, 1.82) is 0 Å². The van der Waals surface area contributed by atoms with Crippen molar-refractivity contribution >= 4 is 29.1 Å². The first kappa shape index (κ1) is 19.4. The molecule has 0 aromatic heterocycles. The van der Waals surface area contributed by atoms with Crippen molar-refractivity contribution in [2.45, 2.75) is 12.5 Å². The Morgan fingerprint density at radius 3 is 2.39 bits per heavy atom. The number of hydrogen-bond acceptors (Lipinski definition) is 5. The number of benzene rings is 2. The molecule has 0 spiro atoms. The molecule has 28 heavy (non-hydrogen) atoms. The maximum absolute atomic E-state index is 12.2. The van der Waals surface area contributed by atoms with Crippen molar-refractivity contribution in [3.8, 4) is 5.75 Å². The Bertz CT molecular complexity index is 841. The zero-order valence-electron chi connectivity index (χ0n) is 15.2. The molecule has 0 saturated carbocycles. The summed E-state index contributed by atoms with van der Waals surface area (Å²) in [6.07, 6.45) is 0.0351. The third-order valence-electron chi connectivity index (χ3n) is 4.06. The molecule has 0 bridgehead atoms. The summed E-state index contributed by atoms with van der Waals surface area (Å²) in [6.45, 7) is 1.08. The van der Waals surface area contributed by atoms with E-state index in [0.717, 1.165) is 0 Å². The lowest BCUT2D eigenvalue weighted by Crippen LogP contribution is -2.53. The van der Waals surface area contributed by atoms with Gasteiger partial charge in [-0.25, -0.2) is 0 Å². The summed E-state index contributed by atoms with van der Waals surface area (Å²) in [4.78, 5) is 35.9. The maximum atomic E-state index is 12.2. The number of piperazine rings is 1. The Hall–Kier alpha value is -3.39. The normalized spacial score (nSPS) is 16.0. The van der Waals surface area contributed by atoms with Crippen LogP contribution in [0.15, 0.2) is 54.6 Å². The van der Waals surface area contributed by atoms with Gasteiger partial charge in [-0.05, 0) is 30.3 Å². The van der Waals surface area contributed by atoms with Crippen LogP contribution in [0.1, 0.15) is 6.42 Å². The highest BCUT2D eigenvalue weighted by molar-refractivity contribution is 5.97. The predicted octanol–water partition coefficient (Wildman–Crippen LogP) is 1.12. The van der Waals surface area contributed by atoms with Gasteiger partial charge in [0.15, 0.2) is 6.61 Å². The molecule has 4 N–H and O–H groups in total. The lowest BCUT2D eigenvalue weighted by molar-refractivity contribution is -0.127. The molecule has 1 atom stereocenters. The Labute approximate surface area is 162 Å². The quantitative estimate of drug-likeness (QED) is 0.574. The highest BCUT2D eigenvalue weighted by Crippen LogP contribution is 2.16. The molecule has 2 aromatic rings. The average molecular weight is 382 g/mol. The van der Waals surface area contributed by atoms with Crippen LogP contribution in [0.5, 0.6) is 5.75 Å². The largest absolute Gasteiger partial charge is 0.484 e. The maximum Gasteiger partial charge on any atom is 0.262 e. The molecule has 1 aliphatic heterocycles. The zero-order chi connectivity index (χ0) is 19.8. The monoisotopic (exact) mass is 382 g/mol. The van der Waals surface area contributed by atoms with E-state index in [4.69, 9.17) is 4.74 Å². The minimum atomic E-state index is -0.535. The number of anilines is 2. The molecule has 1 unspecified atom stereocenters. The first-order valence-electron chi connectivity index (χ1n) is 8.99. The molecule has 0 radical (unpaired) electrons. The van der Waals surface area contributed by atoms with Gasteiger partial charge in [-0.1, -0.05) is 24.3 Å². The fourth-order valence-corrected chi connectivity index (χ4v) is 2.75. The van der Waals surface area contributed by atoms with Crippen LogP contribution >= 0.6 is 0 Å². The number of carbonyl (C=O) groups is 3. The van der Waals surface area contributed by atoms with Gasteiger partial charge in [0.1, 0.15) is 5.75 Å². The average Bonchev–Trinajstić information content (AvgIpc) is 2.69. The lowest BCUT2D eigenvalue weighted by atomic mass is 10.1. The van der Waals surface area contributed by atoms with Crippen LogP contribution in [0, 0.1) is 0 Å². The van der Waals surface area contributed by atoms with Gasteiger partial charge in [-0.3, -0.25) is 14.4 Å². The molecule has 8 nitrogen and oxygen atoms in total. The van der Waals surface area contributed by atoms with Crippen LogP contribution in [-0.4, -0.2) is 43.5 Å². The fourth-order valence-electron chi connectivity index (χ4n) is 2.75. The molecule has 2 aromatic carbocycles. The van der Waals surface area contributed by atoms with Gasteiger partial charge in [0.25, 0.3) is 5.91 Å². The van der Waals surface area contributed by atoms with Crippen molar-refractivity contribution in [3.05, 3.63) is 54.6 Å². The molecule has 1 aliphatic rings. The topological polar surface area (TPSA) is 109 Å². The number of ether oxygens (including phenoxy) is 1. The van der Waals surface area contributed by atoms with E-state index in [2.05, 4.69) is 21.3 Å². The van der Waals surface area contributed by atoms with E-state index in [9.17, 15) is 14.4 Å². The number of hydrogen-bond donors (Lipinski definition) is 4. The zero-order valence-corrected chi connectivity index (χ0v) is 15.2. The van der Waals surface area contributed by atoms with Gasteiger partial charge < -0.3 is 26.0 Å². The van der Waals surface area contributed by atoms with Gasteiger partial charge in [0, 0.05) is 24.5 Å². The van der Waals surface area contributed by atoms with E-state index in [0.29, 0.717) is 30.2 Å². The summed E-state index contributed by atoms with van der Waals surface area (Å²) in [5.41, 5.74) is 1.07. The Morgan fingerprint density at radius 1 is 0.964 bits per heavy atom. The Balaban J connectivity index is 1.49. The minimum Gasteiger partial charge on any atom is -0.484 e. The van der Waals surface area contributed by atoms with Crippen LogP contribution in [-0.2, 0) is 14.4 Å². The van der Waals surface area contributed by atoms with E-state index in [1.807, 2.05) is 18.2 Å². The third-order valence-corrected chi connectivity index (χ3v) is 4.06. The van der Waals surface area contributed by atoms with Crippen molar-refractivity contribution in [2.75, 3.05) is 30.3 Å². The first-order valence-corrected chi connectivity index (χ1v) is 8.99. The van der Waals surface area contributed by atoms with E-state index in [1.54, 1.807) is 36.4 Å². The van der Waals surface area contributed by atoms with E-state index >= 15 is 0 Å². The molecule has 3 amide bonds. The predicted molar refractivity (Wildman–Crippen MR) is 105 cm³/mol. The van der Waals surface area contributed by atoms with E-state index in [-0.39, 0.29) is 30.7 Å². The third kappa shape index (κ3) is 5.82. The summed E-state index contributed by atoms with van der Waals surface area (Å²) >= 11 is 0. The van der Waals surface area contributed by atoms with Gasteiger partial charge in [0.05, 0.1) is 12.5 Å². The van der Waals surface area contributed by atoms with Gasteiger partial charge in [-0.15, -0.1) is 0 Å². The highest BCUT2D eigenvalue weighted by Gasteiger charge is 2.24. The van der Waals surface area contributed by atoms with Crippen molar-refractivity contribution < 1.29 is 19.1 Å². The summed E-state index contributed by atoms with van der Waals surface area (Å²) in [6, 6.07) is 15.3. The first-order chi connectivity index (χ1) is 13.6. The molecule has 146 valence electrons. The molecule has 1 heterocycles. The second kappa shape index (κ2) is 9.52. The van der Waals surface area contributed by atoms with Crippen LogP contribution in [0.25, 0.3) is 0 Å². The Morgan fingerprint density at radius 2 is 1.68 bits per heavy atom. The molecule has 1 saturated heterocycles. The van der Waals surface area contributed by atoms with Crippen LogP contribution in [0.3, 0.4) is 0 Å². The number of para-hydroxylation sites is 1.